The molecule has 5 nitrogen and oxygen atoms in total. The lowest BCUT2D eigenvalue weighted by Crippen LogP contribution is -1.96. The number of aromatic nitrogens is 2. The smallest absolute Gasteiger partial charge is 0.355 e. The number of hydrogen-bond donors (Lipinski definition) is 2. The van der Waals surface area contributed by atoms with Crippen LogP contribution < -0.4 is 4.74 Å². The highest BCUT2D eigenvalue weighted by Crippen LogP contribution is 2.31. The van der Waals surface area contributed by atoms with E-state index in [1.807, 2.05) is 0 Å². The van der Waals surface area contributed by atoms with Gasteiger partial charge in [0, 0.05) is 5.56 Å². The van der Waals surface area contributed by atoms with Crippen LogP contribution in [-0.2, 0) is 0 Å². The summed E-state index contributed by atoms with van der Waals surface area (Å²) in [6.45, 7) is 0. The van der Waals surface area contributed by atoms with Crippen LogP contribution in [0.4, 0.5) is 4.39 Å². The molecule has 0 aliphatic heterocycles. The zero-order valence-electron chi connectivity index (χ0n) is 9.20. The highest BCUT2D eigenvalue weighted by Gasteiger charge is 2.18. The Balaban J connectivity index is 2.49. The Morgan fingerprint density at radius 3 is 2.78 bits per heavy atom. The lowest BCUT2D eigenvalue weighted by atomic mass is 10.1. The monoisotopic (exact) mass is 314 g/mol. The summed E-state index contributed by atoms with van der Waals surface area (Å²) in [5, 5.41) is 15.1. The molecular formula is C11H8BrFN2O3. The van der Waals surface area contributed by atoms with E-state index in [2.05, 4.69) is 26.1 Å². The molecule has 0 aliphatic rings. The fraction of sp³-hybridized carbons (Fsp3) is 0.0909. The Labute approximate surface area is 110 Å². The van der Waals surface area contributed by atoms with E-state index >= 15 is 0 Å². The van der Waals surface area contributed by atoms with Crippen LogP contribution >= 0.6 is 15.9 Å². The molecule has 94 valence electrons. The Kier molecular flexibility index (Phi) is 3.33. The number of ether oxygens (including phenoxy) is 1. The van der Waals surface area contributed by atoms with Gasteiger partial charge in [0.2, 0.25) is 0 Å². The Bertz CT molecular complexity index is 612. The first kappa shape index (κ1) is 12.6. The van der Waals surface area contributed by atoms with Crippen molar-refractivity contribution in [3.05, 3.63) is 34.2 Å². The van der Waals surface area contributed by atoms with Gasteiger partial charge >= 0.3 is 5.97 Å². The summed E-state index contributed by atoms with van der Waals surface area (Å²) in [5.41, 5.74) is 0.694. The minimum Gasteiger partial charge on any atom is -0.494 e. The maximum atomic E-state index is 13.5. The summed E-state index contributed by atoms with van der Waals surface area (Å²) in [4.78, 5) is 10.8. The van der Waals surface area contributed by atoms with E-state index in [1.165, 1.54) is 19.2 Å². The number of hydrogen-bond acceptors (Lipinski definition) is 3. The second-order valence-corrected chi connectivity index (χ2v) is 4.21. The summed E-state index contributed by atoms with van der Waals surface area (Å²) >= 11 is 3.12. The van der Waals surface area contributed by atoms with Crippen LogP contribution in [0, 0.1) is 5.82 Å². The second kappa shape index (κ2) is 4.77. The van der Waals surface area contributed by atoms with Gasteiger partial charge in [0.05, 0.1) is 11.6 Å². The molecule has 2 N–H and O–H groups in total. The predicted molar refractivity (Wildman–Crippen MR) is 65.2 cm³/mol. The van der Waals surface area contributed by atoms with Crippen LogP contribution in [0.3, 0.4) is 0 Å². The standard InChI is InChI=1S/C11H8BrFN2O3/c1-18-7-3-2-5(4-6(7)13)9-8(12)10(11(16)17)15-14-9/h2-4H,1H3,(H,14,15)(H,16,17). The van der Waals surface area contributed by atoms with Gasteiger partial charge in [-0.1, -0.05) is 0 Å². The van der Waals surface area contributed by atoms with Crippen molar-refractivity contribution in [2.45, 2.75) is 0 Å². The van der Waals surface area contributed by atoms with Crippen molar-refractivity contribution in [3.63, 3.8) is 0 Å². The number of carboxylic acids is 1. The Morgan fingerprint density at radius 2 is 2.28 bits per heavy atom. The van der Waals surface area contributed by atoms with Gasteiger partial charge in [-0.05, 0) is 34.1 Å². The Hall–Kier alpha value is -1.89. The topological polar surface area (TPSA) is 75.2 Å². The van der Waals surface area contributed by atoms with Crippen LogP contribution in [0.1, 0.15) is 10.5 Å². The van der Waals surface area contributed by atoms with Crippen LogP contribution in [0.5, 0.6) is 5.75 Å². The van der Waals surface area contributed by atoms with Crippen molar-refractivity contribution >= 4 is 21.9 Å². The van der Waals surface area contributed by atoms with Gasteiger partial charge in [0.1, 0.15) is 5.69 Å². The molecule has 0 unspecified atom stereocenters. The van der Waals surface area contributed by atoms with Crippen LogP contribution in [0.15, 0.2) is 22.7 Å². The van der Waals surface area contributed by atoms with Crippen LogP contribution in [-0.4, -0.2) is 28.4 Å². The number of rotatable bonds is 3. The molecule has 0 saturated heterocycles. The predicted octanol–water partition coefficient (Wildman–Crippen LogP) is 2.69. The zero-order valence-corrected chi connectivity index (χ0v) is 10.8. The molecule has 1 heterocycles. The van der Waals surface area contributed by atoms with E-state index in [-0.39, 0.29) is 15.9 Å². The molecule has 0 amide bonds. The molecule has 0 saturated carbocycles. The highest BCUT2D eigenvalue weighted by atomic mass is 79.9. The summed E-state index contributed by atoms with van der Waals surface area (Å²) < 4.78 is 18.6. The maximum absolute atomic E-state index is 13.5. The van der Waals surface area contributed by atoms with Crippen molar-refractivity contribution in [1.82, 2.24) is 10.2 Å². The minimum absolute atomic E-state index is 0.0822. The summed E-state index contributed by atoms with van der Waals surface area (Å²) in [5.74, 6) is -1.57. The SMILES string of the molecule is COc1ccc(-c2n[nH]c(C(=O)O)c2Br)cc1F. The molecule has 0 radical (unpaired) electrons. The van der Waals surface area contributed by atoms with Gasteiger partial charge in [-0.2, -0.15) is 5.10 Å². The van der Waals surface area contributed by atoms with Crippen molar-refractivity contribution < 1.29 is 19.0 Å². The first-order chi connectivity index (χ1) is 8.54. The van der Waals surface area contributed by atoms with E-state index in [9.17, 15) is 9.18 Å². The molecule has 7 heteroatoms. The van der Waals surface area contributed by atoms with Crippen molar-refractivity contribution in [2.24, 2.45) is 0 Å². The molecule has 2 rings (SSSR count). The third kappa shape index (κ3) is 2.08. The average Bonchev–Trinajstić information content (AvgIpc) is 2.71. The van der Waals surface area contributed by atoms with Crippen LogP contribution in [0.2, 0.25) is 0 Å². The van der Waals surface area contributed by atoms with E-state index in [1.54, 1.807) is 6.07 Å². The average molecular weight is 315 g/mol. The summed E-state index contributed by atoms with van der Waals surface area (Å²) in [6.07, 6.45) is 0. The number of nitrogens with one attached hydrogen (secondary N) is 1. The first-order valence-electron chi connectivity index (χ1n) is 4.85. The molecule has 1 aromatic carbocycles. The summed E-state index contributed by atoms with van der Waals surface area (Å²) in [6, 6.07) is 4.27. The van der Waals surface area contributed by atoms with Gasteiger partial charge < -0.3 is 9.84 Å². The number of nitrogens with zero attached hydrogens (tertiary/aromatic N) is 1. The second-order valence-electron chi connectivity index (χ2n) is 3.42. The minimum atomic E-state index is -1.14. The third-order valence-electron chi connectivity index (χ3n) is 2.35. The molecule has 1 aromatic heterocycles. The molecule has 2 aromatic rings. The van der Waals surface area contributed by atoms with Crippen molar-refractivity contribution in [2.75, 3.05) is 7.11 Å². The van der Waals surface area contributed by atoms with Crippen LogP contribution in [0.25, 0.3) is 11.3 Å². The van der Waals surface area contributed by atoms with Gasteiger partial charge in [-0.15, -0.1) is 0 Å². The number of aromatic carboxylic acids is 1. The number of halogens is 2. The molecule has 0 aliphatic carbocycles. The van der Waals surface area contributed by atoms with E-state index in [0.29, 0.717) is 11.3 Å². The molecular weight excluding hydrogens is 307 g/mol. The number of H-pyrrole nitrogens is 1. The van der Waals surface area contributed by atoms with Gasteiger partial charge in [0.15, 0.2) is 17.3 Å². The normalized spacial score (nSPS) is 10.4. The lowest BCUT2D eigenvalue weighted by Gasteiger charge is -2.03. The maximum Gasteiger partial charge on any atom is 0.355 e. The number of benzene rings is 1. The molecule has 0 spiro atoms. The quantitative estimate of drug-likeness (QED) is 0.913. The van der Waals surface area contributed by atoms with Gasteiger partial charge in [-0.25, -0.2) is 9.18 Å². The number of carbonyl (C=O) groups is 1. The van der Waals surface area contributed by atoms with Gasteiger partial charge in [0.25, 0.3) is 0 Å². The van der Waals surface area contributed by atoms with Gasteiger partial charge in [-0.3, -0.25) is 5.10 Å². The number of methoxy groups -OCH3 is 1. The zero-order chi connectivity index (χ0) is 13.3. The lowest BCUT2D eigenvalue weighted by molar-refractivity contribution is 0.0689. The highest BCUT2D eigenvalue weighted by molar-refractivity contribution is 9.10. The third-order valence-corrected chi connectivity index (χ3v) is 3.12. The van der Waals surface area contributed by atoms with Crippen molar-refractivity contribution in [1.29, 1.82) is 0 Å². The molecule has 18 heavy (non-hydrogen) atoms. The van der Waals surface area contributed by atoms with E-state index in [0.717, 1.165) is 0 Å². The molecule has 0 atom stereocenters. The fourth-order valence-corrected chi connectivity index (χ4v) is 2.05. The first-order valence-corrected chi connectivity index (χ1v) is 5.65. The molecule has 0 fully saturated rings. The van der Waals surface area contributed by atoms with Crippen molar-refractivity contribution in [3.8, 4) is 17.0 Å². The number of aromatic amines is 1. The summed E-state index contributed by atoms with van der Waals surface area (Å²) in [7, 11) is 1.37. The fourth-order valence-electron chi connectivity index (χ4n) is 1.48. The van der Waals surface area contributed by atoms with E-state index < -0.39 is 11.8 Å². The molecule has 0 bridgehead atoms. The van der Waals surface area contributed by atoms with E-state index in [4.69, 9.17) is 9.84 Å². The number of carboxylic acid groups (broad SMARTS) is 1. The Morgan fingerprint density at radius 1 is 1.56 bits per heavy atom. The largest absolute Gasteiger partial charge is 0.494 e.